The number of carbonyl (C=O) groups is 1. The average molecular weight is 349 g/mol. The second-order valence-corrected chi connectivity index (χ2v) is 6.83. The molecule has 1 aliphatic rings. The lowest BCUT2D eigenvalue weighted by Gasteiger charge is -2.31. The van der Waals surface area contributed by atoms with Crippen molar-refractivity contribution in [3.05, 3.63) is 54.4 Å². The van der Waals surface area contributed by atoms with Gasteiger partial charge in [0, 0.05) is 18.7 Å². The fraction of sp³-hybridized carbons (Fsp3) is 0.350. The topological polar surface area (TPSA) is 73.9 Å². The van der Waals surface area contributed by atoms with Crippen molar-refractivity contribution in [1.29, 1.82) is 0 Å². The number of rotatable bonds is 5. The summed E-state index contributed by atoms with van der Waals surface area (Å²) in [5.74, 6) is 0.166. The van der Waals surface area contributed by atoms with Gasteiger partial charge < -0.3 is 10.2 Å². The van der Waals surface area contributed by atoms with Crippen LogP contribution in [-0.4, -0.2) is 45.6 Å². The number of hydrogen-bond acceptors (Lipinski definition) is 4. The van der Waals surface area contributed by atoms with E-state index in [0.717, 1.165) is 50.0 Å². The molecule has 2 aromatic heterocycles. The lowest BCUT2D eigenvalue weighted by molar-refractivity contribution is -0.121. The molecule has 4 rings (SSSR count). The average Bonchev–Trinajstić information content (AvgIpc) is 3.17. The van der Waals surface area contributed by atoms with E-state index in [1.807, 2.05) is 12.1 Å². The molecular weight excluding hydrogens is 326 g/mol. The van der Waals surface area contributed by atoms with Crippen molar-refractivity contribution in [2.24, 2.45) is 5.92 Å². The molecule has 134 valence electrons. The Morgan fingerprint density at radius 3 is 2.81 bits per heavy atom. The van der Waals surface area contributed by atoms with Gasteiger partial charge in [-0.2, -0.15) is 5.10 Å². The summed E-state index contributed by atoms with van der Waals surface area (Å²) in [6.45, 7) is 3.00. The number of likely N-dealkylation sites (tertiary alicyclic amines) is 1. The third kappa shape index (κ3) is 3.75. The minimum atomic E-state index is 0.0677. The zero-order valence-electron chi connectivity index (χ0n) is 14.7. The molecule has 0 atom stereocenters. The predicted octanol–water partition coefficient (Wildman–Crippen LogP) is 2.85. The number of H-pyrrole nitrogens is 1. The molecule has 1 saturated heterocycles. The molecule has 1 aliphatic heterocycles. The highest BCUT2D eigenvalue weighted by atomic mass is 16.1. The number of benzene rings is 1. The van der Waals surface area contributed by atoms with E-state index in [4.69, 9.17) is 0 Å². The van der Waals surface area contributed by atoms with Gasteiger partial charge in [0.05, 0.1) is 17.3 Å². The monoisotopic (exact) mass is 349 g/mol. The molecule has 0 saturated carbocycles. The fourth-order valence-corrected chi connectivity index (χ4v) is 3.55. The fourth-order valence-electron chi connectivity index (χ4n) is 3.55. The molecule has 6 nitrogen and oxygen atoms in total. The molecule has 26 heavy (non-hydrogen) atoms. The first kappa shape index (κ1) is 16.7. The number of anilines is 1. The van der Waals surface area contributed by atoms with Crippen molar-refractivity contribution in [3.63, 3.8) is 0 Å². The minimum Gasteiger partial charge on any atom is -0.325 e. The Balaban J connectivity index is 1.29. The molecule has 1 amide bonds. The minimum absolute atomic E-state index is 0.0677. The highest BCUT2D eigenvalue weighted by Crippen LogP contribution is 2.23. The number of amides is 1. The SMILES string of the molecule is O=C(Nc1ccnc2[nH]ncc12)C1CCN(CCc2ccccc2)CC1. The molecule has 3 heterocycles. The smallest absolute Gasteiger partial charge is 0.227 e. The van der Waals surface area contributed by atoms with E-state index in [-0.39, 0.29) is 11.8 Å². The van der Waals surface area contributed by atoms with Crippen LogP contribution in [0.3, 0.4) is 0 Å². The maximum Gasteiger partial charge on any atom is 0.227 e. The molecular formula is C20H23N5O. The molecule has 0 unspecified atom stereocenters. The largest absolute Gasteiger partial charge is 0.325 e. The van der Waals surface area contributed by atoms with Crippen LogP contribution in [0.15, 0.2) is 48.8 Å². The van der Waals surface area contributed by atoms with Crippen LogP contribution in [0.4, 0.5) is 5.69 Å². The second kappa shape index (κ2) is 7.66. The molecule has 6 heteroatoms. The molecule has 0 radical (unpaired) electrons. The second-order valence-electron chi connectivity index (χ2n) is 6.83. The number of pyridine rings is 1. The number of fused-ring (bicyclic) bond motifs is 1. The summed E-state index contributed by atoms with van der Waals surface area (Å²) in [6.07, 6.45) is 6.25. The zero-order chi connectivity index (χ0) is 17.8. The molecule has 1 aromatic carbocycles. The van der Waals surface area contributed by atoms with Gasteiger partial charge in [0.25, 0.3) is 0 Å². The van der Waals surface area contributed by atoms with Gasteiger partial charge in [0.2, 0.25) is 5.91 Å². The van der Waals surface area contributed by atoms with Crippen molar-refractivity contribution in [1.82, 2.24) is 20.1 Å². The van der Waals surface area contributed by atoms with Gasteiger partial charge in [0.1, 0.15) is 0 Å². The standard InChI is InChI=1S/C20H23N5O/c26-20(23-18-6-10-21-19-17(18)14-22-24-19)16-8-12-25(13-9-16)11-7-15-4-2-1-3-5-15/h1-6,10,14,16H,7-9,11-13H2,(H2,21,22,23,24,26). The molecule has 0 bridgehead atoms. The zero-order valence-corrected chi connectivity index (χ0v) is 14.7. The quantitative estimate of drug-likeness (QED) is 0.743. The van der Waals surface area contributed by atoms with Crippen LogP contribution in [0.2, 0.25) is 0 Å². The summed E-state index contributed by atoms with van der Waals surface area (Å²) in [6, 6.07) is 12.4. The Hall–Kier alpha value is -2.73. The van der Waals surface area contributed by atoms with Gasteiger partial charge in [-0.1, -0.05) is 30.3 Å². The van der Waals surface area contributed by atoms with Crippen LogP contribution in [0.25, 0.3) is 11.0 Å². The van der Waals surface area contributed by atoms with Gasteiger partial charge in [-0.05, 0) is 44.0 Å². The highest BCUT2D eigenvalue weighted by molar-refractivity contribution is 6.00. The molecule has 0 aliphatic carbocycles. The van der Waals surface area contributed by atoms with E-state index in [1.54, 1.807) is 12.4 Å². The van der Waals surface area contributed by atoms with Crippen molar-refractivity contribution in [2.45, 2.75) is 19.3 Å². The van der Waals surface area contributed by atoms with Crippen LogP contribution < -0.4 is 5.32 Å². The van der Waals surface area contributed by atoms with Crippen LogP contribution in [0.5, 0.6) is 0 Å². The lowest BCUT2D eigenvalue weighted by atomic mass is 9.95. The Labute approximate surface area is 152 Å². The van der Waals surface area contributed by atoms with E-state index in [2.05, 4.69) is 49.7 Å². The van der Waals surface area contributed by atoms with E-state index in [0.29, 0.717) is 5.65 Å². The van der Waals surface area contributed by atoms with Gasteiger partial charge in [-0.25, -0.2) is 4.98 Å². The Bertz CT molecular complexity index is 868. The first-order chi connectivity index (χ1) is 12.8. The summed E-state index contributed by atoms with van der Waals surface area (Å²) < 4.78 is 0. The number of hydrogen-bond donors (Lipinski definition) is 2. The van der Waals surface area contributed by atoms with Crippen LogP contribution in [0.1, 0.15) is 18.4 Å². The summed E-state index contributed by atoms with van der Waals surface area (Å²) in [7, 11) is 0. The van der Waals surface area contributed by atoms with E-state index in [1.165, 1.54) is 5.56 Å². The molecule has 1 fully saturated rings. The summed E-state index contributed by atoms with van der Waals surface area (Å²) in [5, 5.41) is 10.7. The van der Waals surface area contributed by atoms with Gasteiger partial charge in [0.15, 0.2) is 5.65 Å². The molecule has 3 aromatic rings. The first-order valence-corrected chi connectivity index (χ1v) is 9.15. The number of piperidine rings is 1. The van der Waals surface area contributed by atoms with E-state index in [9.17, 15) is 4.79 Å². The number of nitrogens with one attached hydrogen (secondary N) is 2. The maximum atomic E-state index is 12.6. The number of aromatic nitrogens is 3. The Kier molecular flexibility index (Phi) is 4.93. The molecule has 0 spiro atoms. The Morgan fingerprint density at radius 1 is 1.19 bits per heavy atom. The lowest BCUT2D eigenvalue weighted by Crippen LogP contribution is -2.39. The summed E-state index contributed by atoms with van der Waals surface area (Å²) >= 11 is 0. The van der Waals surface area contributed by atoms with Gasteiger partial charge >= 0.3 is 0 Å². The predicted molar refractivity (Wildman–Crippen MR) is 102 cm³/mol. The first-order valence-electron chi connectivity index (χ1n) is 9.15. The van der Waals surface area contributed by atoms with Crippen LogP contribution in [0, 0.1) is 5.92 Å². The number of aromatic amines is 1. The van der Waals surface area contributed by atoms with Crippen LogP contribution >= 0.6 is 0 Å². The number of carbonyl (C=O) groups excluding carboxylic acids is 1. The van der Waals surface area contributed by atoms with Crippen molar-refractivity contribution < 1.29 is 4.79 Å². The summed E-state index contributed by atoms with van der Waals surface area (Å²) in [5.41, 5.74) is 2.84. The van der Waals surface area contributed by atoms with Crippen LogP contribution in [-0.2, 0) is 11.2 Å². The van der Waals surface area contributed by atoms with Gasteiger partial charge in [-0.15, -0.1) is 0 Å². The third-order valence-electron chi connectivity index (χ3n) is 5.13. The van der Waals surface area contributed by atoms with E-state index < -0.39 is 0 Å². The van der Waals surface area contributed by atoms with Crippen molar-refractivity contribution in [3.8, 4) is 0 Å². The number of nitrogens with zero attached hydrogens (tertiary/aromatic N) is 3. The maximum absolute atomic E-state index is 12.6. The Morgan fingerprint density at radius 2 is 2.00 bits per heavy atom. The van der Waals surface area contributed by atoms with E-state index >= 15 is 0 Å². The van der Waals surface area contributed by atoms with Crippen molar-refractivity contribution >= 4 is 22.6 Å². The van der Waals surface area contributed by atoms with Crippen molar-refractivity contribution in [2.75, 3.05) is 25.0 Å². The highest BCUT2D eigenvalue weighted by Gasteiger charge is 2.25. The normalized spacial score (nSPS) is 16.0. The van der Waals surface area contributed by atoms with Gasteiger partial charge in [-0.3, -0.25) is 9.89 Å². The third-order valence-corrected chi connectivity index (χ3v) is 5.13. The summed E-state index contributed by atoms with van der Waals surface area (Å²) in [4.78, 5) is 19.3. The molecule has 2 N–H and O–H groups in total.